The molecule has 0 spiro atoms. The Morgan fingerprint density at radius 3 is 2.56 bits per heavy atom. The highest BCUT2D eigenvalue weighted by Gasteiger charge is 2.46. The van der Waals surface area contributed by atoms with Crippen molar-refractivity contribution in [3.8, 4) is 0 Å². The van der Waals surface area contributed by atoms with E-state index in [2.05, 4.69) is 27.0 Å². The Bertz CT molecular complexity index is 842. The van der Waals surface area contributed by atoms with E-state index in [0.717, 1.165) is 54.3 Å². The number of nitrogens with one attached hydrogen (secondary N) is 1. The second-order valence-corrected chi connectivity index (χ2v) is 8.76. The first-order chi connectivity index (χ1) is 13.1. The first-order valence-corrected chi connectivity index (χ1v) is 10.2. The maximum Gasteiger partial charge on any atom is 0.322 e. The summed E-state index contributed by atoms with van der Waals surface area (Å²) in [6, 6.07) is 7.02. The molecular weight excluding hydrogens is 362 g/mol. The van der Waals surface area contributed by atoms with Gasteiger partial charge in [-0.15, -0.1) is 10.2 Å². The van der Waals surface area contributed by atoms with Crippen LogP contribution in [0.25, 0.3) is 0 Å². The fraction of sp³-hybridized carbons (Fsp3) is 0.550. The van der Waals surface area contributed by atoms with Gasteiger partial charge in [0.25, 0.3) is 0 Å². The SMILES string of the molecule is CC1CC2CC(C1)N2C(=O)Nc1ccc(Cl)c([C@@H]2CC[C@H]2n2cnnc2)c1. The molecule has 7 heteroatoms. The van der Waals surface area contributed by atoms with E-state index in [4.69, 9.17) is 11.6 Å². The average molecular weight is 386 g/mol. The van der Waals surface area contributed by atoms with Crippen LogP contribution in [0.4, 0.5) is 10.5 Å². The summed E-state index contributed by atoms with van der Waals surface area (Å²) in [5.74, 6) is 1.06. The number of hydrogen-bond acceptors (Lipinski definition) is 3. The fourth-order valence-corrected chi connectivity index (χ4v) is 5.41. The van der Waals surface area contributed by atoms with Crippen molar-refractivity contribution in [2.24, 2.45) is 5.92 Å². The maximum atomic E-state index is 12.8. The van der Waals surface area contributed by atoms with Gasteiger partial charge >= 0.3 is 6.03 Å². The molecule has 2 aromatic rings. The van der Waals surface area contributed by atoms with Crippen molar-refractivity contribution in [1.82, 2.24) is 19.7 Å². The Morgan fingerprint density at radius 1 is 1.15 bits per heavy atom. The highest BCUT2D eigenvalue weighted by molar-refractivity contribution is 6.31. The van der Waals surface area contributed by atoms with Crippen molar-refractivity contribution in [3.05, 3.63) is 41.4 Å². The summed E-state index contributed by atoms with van der Waals surface area (Å²) in [4.78, 5) is 14.8. The lowest BCUT2D eigenvalue weighted by atomic mass is 9.74. The van der Waals surface area contributed by atoms with Gasteiger partial charge in [-0.25, -0.2) is 4.79 Å². The van der Waals surface area contributed by atoms with Gasteiger partial charge in [0.2, 0.25) is 0 Å². The maximum absolute atomic E-state index is 12.8. The standard InChI is InChI=1S/C20H24ClN5O/c1-12-6-14-9-15(7-12)26(14)20(27)24-13-2-4-18(21)17(8-13)16-3-5-19(16)25-10-22-23-11-25/h2,4,8,10-12,14-16,19H,3,5-7,9H2,1H3,(H,24,27)/t12?,14?,15?,16-,19+/m0/s1. The molecule has 142 valence electrons. The van der Waals surface area contributed by atoms with Crippen LogP contribution >= 0.6 is 11.6 Å². The molecule has 6 nitrogen and oxygen atoms in total. The lowest BCUT2D eigenvalue weighted by molar-refractivity contribution is -0.00601. The van der Waals surface area contributed by atoms with Gasteiger partial charge < -0.3 is 14.8 Å². The van der Waals surface area contributed by atoms with E-state index in [-0.39, 0.29) is 6.03 Å². The number of carbonyl (C=O) groups excluding carboxylic acids is 1. The smallest absolute Gasteiger partial charge is 0.318 e. The monoisotopic (exact) mass is 385 g/mol. The molecule has 1 N–H and O–H groups in total. The molecule has 4 aliphatic rings. The number of anilines is 1. The van der Waals surface area contributed by atoms with E-state index >= 15 is 0 Å². The quantitative estimate of drug-likeness (QED) is 0.848. The van der Waals surface area contributed by atoms with Crippen LogP contribution in [-0.2, 0) is 0 Å². The molecule has 2 unspecified atom stereocenters. The predicted molar refractivity (Wildman–Crippen MR) is 104 cm³/mol. The van der Waals surface area contributed by atoms with Gasteiger partial charge in [-0.05, 0) is 61.8 Å². The third-order valence-electron chi connectivity index (χ3n) is 6.62. The number of aromatic nitrogens is 3. The third-order valence-corrected chi connectivity index (χ3v) is 6.96. The Balaban J connectivity index is 1.32. The normalized spacial score (nSPS) is 31.8. The summed E-state index contributed by atoms with van der Waals surface area (Å²) >= 11 is 6.50. The summed E-state index contributed by atoms with van der Waals surface area (Å²) in [5, 5.41) is 11.7. The lowest BCUT2D eigenvalue weighted by Gasteiger charge is -2.54. The largest absolute Gasteiger partial charge is 0.322 e. The Kier molecular flexibility index (Phi) is 4.11. The van der Waals surface area contributed by atoms with Gasteiger partial charge in [-0.3, -0.25) is 0 Å². The number of carbonyl (C=O) groups is 1. The van der Waals surface area contributed by atoms with Crippen LogP contribution in [0.5, 0.6) is 0 Å². The molecule has 27 heavy (non-hydrogen) atoms. The van der Waals surface area contributed by atoms with E-state index < -0.39 is 0 Å². The topological polar surface area (TPSA) is 63.1 Å². The first-order valence-electron chi connectivity index (χ1n) is 9.83. The highest BCUT2D eigenvalue weighted by Crippen LogP contribution is 2.48. The van der Waals surface area contributed by atoms with Crippen molar-refractivity contribution in [3.63, 3.8) is 0 Å². The van der Waals surface area contributed by atoms with Gasteiger partial charge in [-0.2, -0.15) is 0 Å². The number of rotatable bonds is 3. The van der Waals surface area contributed by atoms with Crippen molar-refractivity contribution < 1.29 is 4.79 Å². The Hall–Kier alpha value is -2.08. The second kappa shape index (κ2) is 6.51. The van der Waals surface area contributed by atoms with Crippen LogP contribution in [0.2, 0.25) is 5.02 Å². The van der Waals surface area contributed by atoms with Gasteiger partial charge in [-0.1, -0.05) is 18.5 Å². The molecule has 4 atom stereocenters. The predicted octanol–water partition coefficient (Wildman–Crippen LogP) is 4.45. The molecule has 2 amide bonds. The third kappa shape index (κ3) is 2.90. The molecule has 4 fully saturated rings. The number of fused-ring (bicyclic) bond motifs is 2. The number of amides is 2. The van der Waals surface area contributed by atoms with Gasteiger partial charge in [0.15, 0.2) is 0 Å². The number of hydrogen-bond donors (Lipinski definition) is 1. The van der Waals surface area contributed by atoms with Crippen molar-refractivity contribution in [2.75, 3.05) is 5.32 Å². The van der Waals surface area contributed by atoms with Crippen molar-refractivity contribution in [1.29, 1.82) is 0 Å². The minimum absolute atomic E-state index is 0.0281. The molecule has 0 radical (unpaired) electrons. The zero-order valence-corrected chi connectivity index (χ0v) is 16.1. The zero-order chi connectivity index (χ0) is 18.5. The fourth-order valence-electron chi connectivity index (χ4n) is 5.15. The summed E-state index contributed by atoms with van der Waals surface area (Å²) in [7, 11) is 0. The van der Waals surface area contributed by atoms with Crippen LogP contribution in [0.1, 0.15) is 56.6 Å². The average Bonchev–Trinajstić information content (AvgIpc) is 3.10. The van der Waals surface area contributed by atoms with Crippen LogP contribution in [-0.4, -0.2) is 37.8 Å². The van der Waals surface area contributed by atoms with E-state index in [9.17, 15) is 4.79 Å². The van der Waals surface area contributed by atoms with Crippen LogP contribution in [0.3, 0.4) is 0 Å². The van der Waals surface area contributed by atoms with Crippen LogP contribution in [0, 0.1) is 5.92 Å². The molecule has 3 heterocycles. The molecule has 2 bridgehead atoms. The molecule has 2 aliphatic heterocycles. The lowest BCUT2D eigenvalue weighted by Crippen LogP contribution is -2.63. The number of benzene rings is 1. The second-order valence-electron chi connectivity index (χ2n) is 8.35. The molecule has 6 rings (SSSR count). The van der Waals surface area contributed by atoms with E-state index in [0.29, 0.717) is 24.0 Å². The summed E-state index contributed by atoms with van der Waals surface area (Å²) in [5.41, 5.74) is 1.92. The van der Waals surface area contributed by atoms with Gasteiger partial charge in [0, 0.05) is 34.8 Å². The van der Waals surface area contributed by atoms with Gasteiger partial charge in [0.1, 0.15) is 12.7 Å². The molecule has 1 aromatic carbocycles. The Labute approximate surface area is 163 Å². The number of nitrogens with zero attached hydrogens (tertiary/aromatic N) is 4. The highest BCUT2D eigenvalue weighted by atomic mass is 35.5. The summed E-state index contributed by atoms with van der Waals surface area (Å²) in [6.45, 7) is 2.28. The molecule has 2 saturated carbocycles. The van der Waals surface area contributed by atoms with E-state index in [1.807, 2.05) is 23.1 Å². The van der Waals surface area contributed by atoms with Crippen LogP contribution < -0.4 is 5.32 Å². The zero-order valence-electron chi connectivity index (χ0n) is 15.4. The first kappa shape index (κ1) is 17.0. The summed E-state index contributed by atoms with van der Waals surface area (Å²) < 4.78 is 2.05. The minimum atomic E-state index is 0.0281. The van der Waals surface area contributed by atoms with Crippen LogP contribution in [0.15, 0.2) is 30.9 Å². The van der Waals surface area contributed by atoms with Crippen molar-refractivity contribution in [2.45, 2.75) is 63.1 Å². The number of piperidine rings is 1. The Morgan fingerprint density at radius 2 is 1.89 bits per heavy atom. The molecular formula is C20H24ClN5O. The van der Waals surface area contributed by atoms with E-state index in [1.54, 1.807) is 12.7 Å². The molecule has 2 aliphatic carbocycles. The molecule has 2 saturated heterocycles. The number of urea groups is 1. The van der Waals surface area contributed by atoms with Crippen molar-refractivity contribution >= 4 is 23.3 Å². The number of halogens is 1. The minimum Gasteiger partial charge on any atom is -0.318 e. The van der Waals surface area contributed by atoms with Gasteiger partial charge in [0.05, 0.1) is 0 Å². The summed E-state index contributed by atoms with van der Waals surface area (Å²) in [6.07, 6.45) is 9.10. The molecule has 1 aromatic heterocycles. The van der Waals surface area contributed by atoms with E-state index in [1.165, 1.54) is 0 Å².